The highest BCUT2D eigenvalue weighted by Gasteiger charge is 2.11. The predicted octanol–water partition coefficient (Wildman–Crippen LogP) is 3.36. The molecule has 0 bridgehead atoms. The van der Waals surface area contributed by atoms with Crippen LogP contribution in [0, 0.1) is 20.8 Å². The number of aryl methyl sites for hydroxylation is 2. The summed E-state index contributed by atoms with van der Waals surface area (Å²) >= 11 is 0. The lowest BCUT2D eigenvalue weighted by Crippen LogP contribution is -2.26. The van der Waals surface area contributed by atoms with Gasteiger partial charge in [-0.1, -0.05) is 29.8 Å². The zero-order chi connectivity index (χ0) is 19.1. The molecule has 1 amide bonds. The summed E-state index contributed by atoms with van der Waals surface area (Å²) < 4.78 is 7.02. The third kappa shape index (κ3) is 5.30. The fraction of sp³-hybridized carbons (Fsp3) is 0.429. The number of carbonyl (C=O) groups is 1. The molecule has 2 rings (SSSR count). The smallest absolute Gasteiger partial charge is 0.246 e. The van der Waals surface area contributed by atoms with Crippen molar-refractivity contribution in [3.63, 3.8) is 0 Å². The molecule has 0 saturated heterocycles. The van der Waals surface area contributed by atoms with Gasteiger partial charge in [0.25, 0.3) is 0 Å². The van der Waals surface area contributed by atoms with Crippen molar-refractivity contribution in [2.75, 3.05) is 27.3 Å². The largest absolute Gasteiger partial charge is 0.385 e. The van der Waals surface area contributed by atoms with E-state index in [-0.39, 0.29) is 5.91 Å². The molecule has 0 spiro atoms. The Hall–Kier alpha value is -2.40. The average molecular weight is 355 g/mol. The number of carbonyl (C=O) groups excluding carboxylic acids is 1. The summed E-state index contributed by atoms with van der Waals surface area (Å²) in [4.78, 5) is 13.9. The monoisotopic (exact) mass is 355 g/mol. The SMILES string of the molecule is COCCCN(C)C(=O)/C=C/c1c(C)nn(Cc2ccc(C)cc2)c1C. The van der Waals surface area contributed by atoms with Crippen LogP contribution < -0.4 is 0 Å². The van der Waals surface area contributed by atoms with E-state index in [1.807, 2.05) is 31.7 Å². The van der Waals surface area contributed by atoms with E-state index < -0.39 is 0 Å². The number of rotatable bonds is 8. The molecule has 0 aliphatic heterocycles. The van der Waals surface area contributed by atoms with E-state index in [0.717, 1.165) is 29.9 Å². The Morgan fingerprint density at radius 3 is 2.58 bits per heavy atom. The zero-order valence-electron chi connectivity index (χ0n) is 16.5. The second-order valence-electron chi connectivity index (χ2n) is 6.67. The maximum Gasteiger partial charge on any atom is 0.246 e. The molecule has 140 valence electrons. The van der Waals surface area contributed by atoms with Crippen molar-refractivity contribution in [2.45, 2.75) is 33.7 Å². The van der Waals surface area contributed by atoms with Crippen LogP contribution in [0.25, 0.3) is 6.08 Å². The first-order chi connectivity index (χ1) is 12.4. The van der Waals surface area contributed by atoms with Crippen LogP contribution in [0.5, 0.6) is 0 Å². The molecule has 0 unspecified atom stereocenters. The van der Waals surface area contributed by atoms with E-state index in [1.165, 1.54) is 11.1 Å². The number of amides is 1. The standard InChI is InChI=1S/C21H29N3O2/c1-16-7-9-19(10-8-16)15-24-18(3)20(17(2)22-24)11-12-21(25)23(4)13-6-14-26-5/h7-12H,6,13-15H2,1-5H3/b12-11+. The van der Waals surface area contributed by atoms with E-state index in [9.17, 15) is 4.79 Å². The van der Waals surface area contributed by atoms with Gasteiger partial charge in [0.2, 0.25) is 5.91 Å². The summed E-state index contributed by atoms with van der Waals surface area (Å²) in [5.74, 6) is -0.00816. The van der Waals surface area contributed by atoms with Crippen LogP contribution in [0.4, 0.5) is 0 Å². The third-order valence-corrected chi connectivity index (χ3v) is 4.50. The summed E-state index contributed by atoms with van der Waals surface area (Å²) in [5, 5.41) is 4.64. The molecule has 1 aromatic heterocycles. The first-order valence-corrected chi connectivity index (χ1v) is 8.94. The van der Waals surface area contributed by atoms with Gasteiger partial charge in [0.05, 0.1) is 12.2 Å². The van der Waals surface area contributed by atoms with Gasteiger partial charge in [0.15, 0.2) is 0 Å². The highest BCUT2D eigenvalue weighted by molar-refractivity contribution is 5.91. The Balaban J connectivity index is 2.07. The third-order valence-electron chi connectivity index (χ3n) is 4.50. The number of hydrogen-bond acceptors (Lipinski definition) is 3. The first kappa shape index (κ1) is 19.9. The molecular formula is C21H29N3O2. The number of ether oxygens (including phenoxy) is 1. The molecule has 5 nitrogen and oxygen atoms in total. The van der Waals surface area contributed by atoms with Crippen molar-refractivity contribution < 1.29 is 9.53 Å². The Bertz CT molecular complexity index is 760. The quantitative estimate of drug-likeness (QED) is 0.539. The van der Waals surface area contributed by atoms with Crippen LogP contribution in [-0.2, 0) is 16.1 Å². The zero-order valence-corrected chi connectivity index (χ0v) is 16.5. The van der Waals surface area contributed by atoms with E-state index in [1.54, 1.807) is 18.1 Å². The molecule has 0 N–H and O–H groups in total. The van der Waals surface area contributed by atoms with Gasteiger partial charge >= 0.3 is 0 Å². The molecule has 2 aromatic rings. The fourth-order valence-corrected chi connectivity index (χ4v) is 2.81. The van der Waals surface area contributed by atoms with Gasteiger partial charge in [-0.2, -0.15) is 5.10 Å². The summed E-state index contributed by atoms with van der Waals surface area (Å²) in [6, 6.07) is 8.47. The van der Waals surface area contributed by atoms with Crippen molar-refractivity contribution in [1.29, 1.82) is 0 Å². The second kappa shape index (κ2) is 9.34. The van der Waals surface area contributed by atoms with Crippen molar-refractivity contribution in [1.82, 2.24) is 14.7 Å². The fourth-order valence-electron chi connectivity index (χ4n) is 2.81. The van der Waals surface area contributed by atoms with Crippen LogP contribution in [0.1, 0.15) is 34.5 Å². The molecule has 0 radical (unpaired) electrons. The molecule has 0 aliphatic carbocycles. The van der Waals surface area contributed by atoms with Crippen LogP contribution in [0.15, 0.2) is 30.3 Å². The normalized spacial score (nSPS) is 11.3. The van der Waals surface area contributed by atoms with Crippen LogP contribution >= 0.6 is 0 Å². The summed E-state index contributed by atoms with van der Waals surface area (Å²) in [6.07, 6.45) is 4.33. The second-order valence-corrected chi connectivity index (χ2v) is 6.67. The summed E-state index contributed by atoms with van der Waals surface area (Å²) in [5.41, 5.74) is 5.47. The first-order valence-electron chi connectivity index (χ1n) is 8.94. The molecule has 0 saturated carbocycles. The highest BCUT2D eigenvalue weighted by atomic mass is 16.5. The van der Waals surface area contributed by atoms with Crippen LogP contribution in [0.3, 0.4) is 0 Å². The van der Waals surface area contributed by atoms with Crippen molar-refractivity contribution in [3.05, 3.63) is 58.4 Å². The number of aromatic nitrogens is 2. The molecular weight excluding hydrogens is 326 g/mol. The van der Waals surface area contributed by atoms with Crippen LogP contribution in [0.2, 0.25) is 0 Å². The van der Waals surface area contributed by atoms with E-state index in [4.69, 9.17) is 4.74 Å². The number of nitrogens with zero attached hydrogens (tertiary/aromatic N) is 3. The van der Waals surface area contributed by atoms with Gasteiger partial charge in [-0.3, -0.25) is 9.48 Å². The van der Waals surface area contributed by atoms with Gasteiger partial charge in [-0.15, -0.1) is 0 Å². The maximum atomic E-state index is 12.2. The van der Waals surface area contributed by atoms with Gasteiger partial charge in [-0.25, -0.2) is 0 Å². The lowest BCUT2D eigenvalue weighted by Gasteiger charge is -2.14. The van der Waals surface area contributed by atoms with Crippen LogP contribution in [-0.4, -0.2) is 47.9 Å². The molecule has 1 aromatic carbocycles. The van der Waals surface area contributed by atoms with Crippen molar-refractivity contribution in [2.24, 2.45) is 0 Å². The lowest BCUT2D eigenvalue weighted by atomic mass is 10.1. The molecule has 0 fully saturated rings. The molecule has 0 atom stereocenters. The lowest BCUT2D eigenvalue weighted by molar-refractivity contribution is -0.124. The average Bonchev–Trinajstić information content (AvgIpc) is 2.88. The van der Waals surface area contributed by atoms with Gasteiger partial charge in [0.1, 0.15) is 0 Å². The number of methoxy groups -OCH3 is 1. The van der Waals surface area contributed by atoms with Gasteiger partial charge in [-0.05, 0) is 38.8 Å². The topological polar surface area (TPSA) is 47.4 Å². The number of likely N-dealkylation sites (N-methyl/N-ethyl adjacent to an activating group) is 1. The van der Waals surface area contributed by atoms with Gasteiger partial charge < -0.3 is 9.64 Å². The molecule has 0 aliphatic rings. The Kier molecular flexibility index (Phi) is 7.16. The number of benzene rings is 1. The molecule has 26 heavy (non-hydrogen) atoms. The maximum absolute atomic E-state index is 12.2. The van der Waals surface area contributed by atoms with E-state index >= 15 is 0 Å². The molecule has 1 heterocycles. The minimum atomic E-state index is -0.00816. The minimum absolute atomic E-state index is 0.00816. The van der Waals surface area contributed by atoms with Gasteiger partial charge in [0, 0.05) is 44.6 Å². The Morgan fingerprint density at radius 2 is 1.92 bits per heavy atom. The summed E-state index contributed by atoms with van der Waals surface area (Å²) in [7, 11) is 3.48. The highest BCUT2D eigenvalue weighted by Crippen LogP contribution is 2.17. The van der Waals surface area contributed by atoms with E-state index in [2.05, 4.69) is 36.3 Å². The minimum Gasteiger partial charge on any atom is -0.385 e. The Labute approximate surface area is 156 Å². The summed E-state index contributed by atoms with van der Waals surface area (Å²) in [6.45, 7) is 8.17. The predicted molar refractivity (Wildman–Crippen MR) is 105 cm³/mol. The van der Waals surface area contributed by atoms with Crippen molar-refractivity contribution in [3.8, 4) is 0 Å². The number of hydrogen-bond donors (Lipinski definition) is 0. The Morgan fingerprint density at radius 1 is 1.23 bits per heavy atom. The van der Waals surface area contributed by atoms with E-state index in [0.29, 0.717) is 13.2 Å². The molecule has 5 heteroatoms. The van der Waals surface area contributed by atoms with Crippen molar-refractivity contribution >= 4 is 12.0 Å².